The minimum absolute atomic E-state index is 0.0333. The SMILES string of the molecule is CC1(C)CC=CC2=C1C[C@H](O)c1c2ccc2c(-c3cccc4ncc(C#N)cc34)c(Cl)cc(C3CCCC3)c12. The zero-order valence-electron chi connectivity index (χ0n) is 22.4. The fraction of sp³-hybridized carbons (Fsp3) is 0.314. The summed E-state index contributed by atoms with van der Waals surface area (Å²) in [5.41, 5.74) is 9.40. The highest BCUT2D eigenvalue weighted by atomic mass is 35.5. The van der Waals surface area contributed by atoms with E-state index in [9.17, 15) is 10.4 Å². The Bertz CT molecular complexity index is 1780. The molecule has 4 aromatic rings. The van der Waals surface area contributed by atoms with Gasteiger partial charge in [-0.2, -0.15) is 5.26 Å². The van der Waals surface area contributed by atoms with E-state index in [0.29, 0.717) is 22.9 Å². The lowest BCUT2D eigenvalue weighted by molar-refractivity contribution is 0.168. The maximum absolute atomic E-state index is 11.8. The van der Waals surface area contributed by atoms with E-state index >= 15 is 0 Å². The second kappa shape index (κ2) is 9.05. The van der Waals surface area contributed by atoms with E-state index in [1.54, 1.807) is 6.20 Å². The molecule has 7 rings (SSSR count). The van der Waals surface area contributed by atoms with Crippen LogP contribution in [0.2, 0.25) is 5.02 Å². The van der Waals surface area contributed by atoms with Gasteiger partial charge in [-0.25, -0.2) is 0 Å². The average molecular weight is 531 g/mol. The molecule has 1 aromatic heterocycles. The molecule has 1 heterocycles. The van der Waals surface area contributed by atoms with E-state index in [2.05, 4.69) is 61.3 Å². The van der Waals surface area contributed by atoms with Crippen LogP contribution in [0.1, 0.15) is 86.6 Å². The van der Waals surface area contributed by atoms with Gasteiger partial charge in [-0.3, -0.25) is 4.98 Å². The number of aliphatic hydroxyl groups is 1. The first kappa shape index (κ1) is 24.6. The molecule has 3 aromatic carbocycles. The molecule has 0 unspecified atom stereocenters. The third-order valence-electron chi connectivity index (χ3n) is 9.32. The lowest BCUT2D eigenvalue weighted by Gasteiger charge is -2.38. The number of fused-ring (bicyclic) bond motifs is 5. The van der Waals surface area contributed by atoms with Crippen molar-refractivity contribution < 1.29 is 5.11 Å². The van der Waals surface area contributed by atoms with E-state index in [0.717, 1.165) is 63.2 Å². The highest BCUT2D eigenvalue weighted by Gasteiger charge is 2.36. The van der Waals surface area contributed by atoms with Crippen LogP contribution in [-0.4, -0.2) is 10.1 Å². The van der Waals surface area contributed by atoms with Gasteiger partial charge in [0.1, 0.15) is 6.07 Å². The van der Waals surface area contributed by atoms with Crippen molar-refractivity contribution >= 4 is 38.8 Å². The van der Waals surface area contributed by atoms with E-state index in [4.69, 9.17) is 11.6 Å². The predicted octanol–water partition coefficient (Wildman–Crippen LogP) is 9.41. The summed E-state index contributed by atoms with van der Waals surface area (Å²) in [6, 6.07) is 16.8. The largest absolute Gasteiger partial charge is 0.388 e. The molecule has 39 heavy (non-hydrogen) atoms. The van der Waals surface area contributed by atoms with Gasteiger partial charge in [0, 0.05) is 22.2 Å². The van der Waals surface area contributed by atoms with Crippen LogP contribution in [0.4, 0.5) is 0 Å². The molecular weight excluding hydrogens is 500 g/mol. The van der Waals surface area contributed by atoms with Crippen LogP contribution in [0, 0.1) is 16.7 Å². The molecule has 3 aliphatic carbocycles. The number of rotatable bonds is 2. The van der Waals surface area contributed by atoms with Crippen LogP contribution >= 0.6 is 11.6 Å². The normalized spacial score (nSPS) is 20.3. The Labute approximate surface area is 234 Å². The van der Waals surface area contributed by atoms with Crippen LogP contribution in [0.15, 0.2) is 66.4 Å². The molecule has 0 aliphatic heterocycles. The van der Waals surface area contributed by atoms with Crippen LogP contribution in [0.25, 0.3) is 38.4 Å². The number of nitrogens with zero attached hydrogens (tertiary/aromatic N) is 2. The zero-order chi connectivity index (χ0) is 26.9. The fourth-order valence-corrected chi connectivity index (χ4v) is 7.71. The maximum Gasteiger partial charge on any atom is 0.101 e. The number of halogens is 1. The second-order valence-electron chi connectivity index (χ2n) is 12.1. The van der Waals surface area contributed by atoms with Gasteiger partial charge < -0.3 is 5.11 Å². The van der Waals surface area contributed by atoms with Gasteiger partial charge in [-0.05, 0) is 93.8 Å². The molecule has 194 valence electrons. The molecule has 1 fully saturated rings. The zero-order valence-corrected chi connectivity index (χ0v) is 23.1. The summed E-state index contributed by atoms with van der Waals surface area (Å²) in [4.78, 5) is 4.55. The molecular formula is C35H31ClN2O. The molecule has 4 heteroatoms. The standard InChI is InChI=1S/C35H31ClN2O/c1-35(2)14-6-10-22-24-12-13-25-32(23-9-5-11-30-27(23)15-20(18-37)19-38-30)29(36)16-26(21-7-3-4-8-21)33(25)34(24)31(39)17-28(22)35/h5-6,9-13,15-16,19,21,31,39H,3-4,7-8,14,17H2,1-2H3/t31-/m0/s1. The van der Waals surface area contributed by atoms with Crippen LogP contribution in [0.3, 0.4) is 0 Å². The summed E-state index contributed by atoms with van der Waals surface area (Å²) in [6.07, 6.45) is 12.0. The number of hydrogen-bond donors (Lipinski definition) is 1. The molecule has 3 nitrogen and oxygen atoms in total. The molecule has 0 saturated heterocycles. The maximum atomic E-state index is 11.8. The van der Waals surface area contributed by atoms with Gasteiger partial charge in [-0.1, -0.05) is 80.3 Å². The Morgan fingerprint density at radius 1 is 1.05 bits per heavy atom. The number of aromatic nitrogens is 1. The quantitative estimate of drug-likeness (QED) is 0.281. The van der Waals surface area contributed by atoms with Gasteiger partial charge in [0.25, 0.3) is 0 Å². The minimum atomic E-state index is -0.568. The Morgan fingerprint density at radius 2 is 1.87 bits per heavy atom. The highest BCUT2D eigenvalue weighted by molar-refractivity contribution is 6.36. The van der Waals surface area contributed by atoms with Gasteiger partial charge in [-0.15, -0.1) is 0 Å². The number of aliphatic hydroxyl groups excluding tert-OH is 1. The van der Waals surface area contributed by atoms with E-state index < -0.39 is 6.10 Å². The lowest BCUT2D eigenvalue weighted by atomic mass is 9.67. The molecule has 1 N–H and O–H groups in total. The summed E-state index contributed by atoms with van der Waals surface area (Å²) in [6.45, 7) is 4.58. The van der Waals surface area contributed by atoms with E-state index in [1.807, 2.05) is 18.2 Å². The van der Waals surface area contributed by atoms with Crippen LogP contribution in [-0.2, 0) is 0 Å². The third kappa shape index (κ3) is 3.77. The number of benzene rings is 3. The molecule has 0 spiro atoms. The van der Waals surface area contributed by atoms with Crippen molar-refractivity contribution in [3.05, 3.63) is 93.7 Å². The first-order valence-corrected chi connectivity index (χ1v) is 14.4. The number of pyridine rings is 1. The van der Waals surface area contributed by atoms with Crippen molar-refractivity contribution in [1.82, 2.24) is 4.98 Å². The Kier molecular flexibility index (Phi) is 5.70. The monoisotopic (exact) mass is 530 g/mol. The third-order valence-corrected chi connectivity index (χ3v) is 9.62. The molecule has 0 amide bonds. The number of nitriles is 1. The molecule has 0 bridgehead atoms. The predicted molar refractivity (Wildman–Crippen MR) is 160 cm³/mol. The van der Waals surface area contributed by atoms with Gasteiger partial charge in [0.2, 0.25) is 0 Å². The van der Waals surface area contributed by atoms with Crippen molar-refractivity contribution in [2.24, 2.45) is 5.41 Å². The Morgan fingerprint density at radius 3 is 2.67 bits per heavy atom. The van der Waals surface area contributed by atoms with Crippen LogP contribution in [0.5, 0.6) is 0 Å². The summed E-state index contributed by atoms with van der Waals surface area (Å²) in [5, 5.41) is 25.3. The Hall–Kier alpha value is -3.45. The van der Waals surface area contributed by atoms with Crippen LogP contribution < -0.4 is 0 Å². The Balaban J connectivity index is 1.59. The van der Waals surface area contributed by atoms with Crippen molar-refractivity contribution in [2.45, 2.75) is 64.4 Å². The van der Waals surface area contributed by atoms with Gasteiger partial charge in [0.05, 0.1) is 17.2 Å². The fourth-order valence-electron chi connectivity index (χ4n) is 7.38. The number of allylic oxidation sites excluding steroid dienone is 3. The minimum Gasteiger partial charge on any atom is -0.388 e. The smallest absolute Gasteiger partial charge is 0.101 e. The highest BCUT2D eigenvalue weighted by Crippen LogP contribution is 2.54. The average Bonchev–Trinajstić information content (AvgIpc) is 3.47. The van der Waals surface area contributed by atoms with E-state index in [-0.39, 0.29) is 5.41 Å². The molecule has 1 saturated carbocycles. The summed E-state index contributed by atoms with van der Waals surface area (Å²) in [7, 11) is 0. The topological polar surface area (TPSA) is 56.9 Å². The second-order valence-corrected chi connectivity index (χ2v) is 12.5. The lowest BCUT2D eigenvalue weighted by Crippen LogP contribution is -2.24. The summed E-state index contributed by atoms with van der Waals surface area (Å²) < 4.78 is 0. The van der Waals surface area contributed by atoms with Gasteiger partial charge >= 0.3 is 0 Å². The van der Waals surface area contributed by atoms with Crippen molar-refractivity contribution in [3.63, 3.8) is 0 Å². The molecule has 0 radical (unpaired) electrons. The number of hydrogen-bond acceptors (Lipinski definition) is 3. The van der Waals surface area contributed by atoms with Crippen molar-refractivity contribution in [2.75, 3.05) is 0 Å². The van der Waals surface area contributed by atoms with Gasteiger partial charge in [0.15, 0.2) is 0 Å². The molecule has 3 aliphatic rings. The summed E-state index contributed by atoms with van der Waals surface area (Å²) in [5.74, 6) is 0.436. The van der Waals surface area contributed by atoms with Crippen molar-refractivity contribution in [3.8, 4) is 17.2 Å². The first-order valence-electron chi connectivity index (χ1n) is 14.0. The first-order chi connectivity index (χ1) is 18.9. The van der Waals surface area contributed by atoms with Crippen molar-refractivity contribution in [1.29, 1.82) is 5.26 Å². The summed E-state index contributed by atoms with van der Waals surface area (Å²) >= 11 is 7.19. The molecule has 1 atom stereocenters. The van der Waals surface area contributed by atoms with E-state index in [1.165, 1.54) is 29.6 Å².